The van der Waals surface area contributed by atoms with Gasteiger partial charge in [-0.05, 0) is 12.8 Å². The Morgan fingerprint density at radius 3 is 2.06 bits per heavy atom. The Kier molecular flexibility index (Phi) is 6.19. The molecule has 0 aliphatic carbocycles. The second-order valence-corrected chi connectivity index (χ2v) is 4.06. The summed E-state index contributed by atoms with van der Waals surface area (Å²) in [6.07, 6.45) is 0. The van der Waals surface area contributed by atoms with Crippen molar-refractivity contribution in [3.63, 3.8) is 0 Å². The summed E-state index contributed by atoms with van der Waals surface area (Å²) in [6.45, 7) is 4.62. The first-order chi connectivity index (χ1) is 7.79. The number of nitrogens with one attached hydrogen (secondary N) is 2. The summed E-state index contributed by atoms with van der Waals surface area (Å²) in [7, 11) is 0. The number of carbonyl (C=O) groups is 3. The van der Waals surface area contributed by atoms with Gasteiger partial charge in [0.05, 0.1) is 6.54 Å². The molecule has 0 aliphatic heterocycles. The number of aliphatic carboxylic acids is 1. The molecule has 0 aromatic rings. The summed E-state index contributed by atoms with van der Waals surface area (Å²) in [5.41, 5.74) is 5.13. The summed E-state index contributed by atoms with van der Waals surface area (Å²) in [5, 5.41) is 13.4. The monoisotopic (exact) mass is 245 g/mol. The lowest BCUT2D eigenvalue weighted by Gasteiger charge is -2.22. The molecule has 7 nitrogen and oxygen atoms in total. The van der Waals surface area contributed by atoms with E-state index in [2.05, 4.69) is 10.6 Å². The van der Waals surface area contributed by atoms with Gasteiger partial charge in [0.25, 0.3) is 0 Å². The van der Waals surface area contributed by atoms with Gasteiger partial charge in [-0.1, -0.05) is 13.8 Å². The fraction of sp³-hybridized carbons (Fsp3) is 0.700. The molecule has 2 atom stereocenters. The number of carbonyl (C=O) groups excluding carboxylic acids is 2. The molecule has 2 amide bonds. The van der Waals surface area contributed by atoms with E-state index in [9.17, 15) is 14.4 Å². The van der Waals surface area contributed by atoms with E-state index in [1.54, 1.807) is 13.8 Å². The zero-order valence-corrected chi connectivity index (χ0v) is 10.2. The Balaban J connectivity index is 4.55. The Labute approximate surface area is 99.7 Å². The van der Waals surface area contributed by atoms with Crippen LogP contribution in [0, 0.1) is 5.92 Å². The zero-order valence-electron chi connectivity index (χ0n) is 10.2. The van der Waals surface area contributed by atoms with Crippen molar-refractivity contribution >= 4 is 17.8 Å². The van der Waals surface area contributed by atoms with Crippen molar-refractivity contribution < 1.29 is 19.5 Å². The van der Waals surface area contributed by atoms with Gasteiger partial charge in [0, 0.05) is 0 Å². The molecular weight excluding hydrogens is 226 g/mol. The quantitative estimate of drug-likeness (QED) is 0.462. The molecule has 98 valence electrons. The molecule has 0 radical (unpaired) electrons. The van der Waals surface area contributed by atoms with Crippen molar-refractivity contribution in [1.29, 1.82) is 0 Å². The van der Waals surface area contributed by atoms with Crippen LogP contribution in [0.3, 0.4) is 0 Å². The van der Waals surface area contributed by atoms with Crippen LogP contribution in [0.5, 0.6) is 0 Å². The van der Waals surface area contributed by atoms with Crippen LogP contribution in [-0.2, 0) is 14.4 Å². The molecule has 5 N–H and O–H groups in total. The molecule has 0 unspecified atom stereocenters. The lowest BCUT2D eigenvalue weighted by Crippen LogP contribution is -2.53. The van der Waals surface area contributed by atoms with Gasteiger partial charge in [-0.15, -0.1) is 0 Å². The van der Waals surface area contributed by atoms with E-state index in [4.69, 9.17) is 10.8 Å². The summed E-state index contributed by atoms with van der Waals surface area (Å²) in [5.74, 6) is -2.28. The van der Waals surface area contributed by atoms with Crippen molar-refractivity contribution in [2.45, 2.75) is 32.9 Å². The van der Waals surface area contributed by atoms with Crippen molar-refractivity contribution in [3.05, 3.63) is 0 Å². The fourth-order valence-electron chi connectivity index (χ4n) is 1.13. The molecule has 0 bridgehead atoms. The minimum Gasteiger partial charge on any atom is -0.480 e. The number of hydrogen-bond donors (Lipinski definition) is 4. The van der Waals surface area contributed by atoms with Gasteiger partial charge < -0.3 is 21.5 Å². The average Bonchev–Trinajstić information content (AvgIpc) is 2.24. The summed E-state index contributed by atoms with van der Waals surface area (Å²) >= 11 is 0. The third-order valence-electron chi connectivity index (χ3n) is 2.18. The molecule has 0 saturated carbocycles. The molecule has 0 rings (SSSR count). The first-order valence-electron chi connectivity index (χ1n) is 5.32. The predicted molar refractivity (Wildman–Crippen MR) is 61.1 cm³/mol. The van der Waals surface area contributed by atoms with Crippen LogP contribution < -0.4 is 16.4 Å². The highest BCUT2D eigenvalue weighted by molar-refractivity contribution is 5.90. The van der Waals surface area contributed by atoms with Gasteiger partial charge in [-0.25, -0.2) is 0 Å². The highest BCUT2D eigenvalue weighted by Gasteiger charge is 2.26. The van der Waals surface area contributed by atoms with Crippen LogP contribution in [0.25, 0.3) is 0 Å². The summed E-state index contributed by atoms with van der Waals surface area (Å²) < 4.78 is 0. The first kappa shape index (κ1) is 15.4. The van der Waals surface area contributed by atoms with Crippen molar-refractivity contribution in [1.82, 2.24) is 10.6 Å². The second-order valence-electron chi connectivity index (χ2n) is 4.06. The van der Waals surface area contributed by atoms with Gasteiger partial charge in [-0.2, -0.15) is 0 Å². The predicted octanol–water partition coefficient (Wildman–Crippen LogP) is -1.32. The summed E-state index contributed by atoms with van der Waals surface area (Å²) in [4.78, 5) is 33.4. The van der Waals surface area contributed by atoms with E-state index in [0.717, 1.165) is 0 Å². The van der Waals surface area contributed by atoms with E-state index < -0.39 is 29.9 Å². The molecule has 7 heteroatoms. The third kappa shape index (κ3) is 5.30. The maximum Gasteiger partial charge on any atom is 0.325 e. The van der Waals surface area contributed by atoms with Crippen LogP contribution in [0.15, 0.2) is 0 Å². The van der Waals surface area contributed by atoms with Crippen LogP contribution in [0.1, 0.15) is 20.8 Å². The van der Waals surface area contributed by atoms with Gasteiger partial charge in [0.2, 0.25) is 11.8 Å². The SMILES string of the molecule is CC(C)[C@H](NC(=O)CN)C(=O)N[C@@H](C)C(=O)O. The lowest BCUT2D eigenvalue weighted by atomic mass is 10.0. The Morgan fingerprint density at radius 1 is 1.18 bits per heavy atom. The molecule has 17 heavy (non-hydrogen) atoms. The van der Waals surface area contributed by atoms with Crippen molar-refractivity contribution in [2.75, 3.05) is 6.54 Å². The van der Waals surface area contributed by atoms with Gasteiger partial charge in [-0.3, -0.25) is 14.4 Å². The van der Waals surface area contributed by atoms with E-state index in [1.807, 2.05) is 0 Å². The Hall–Kier alpha value is -1.63. The fourth-order valence-corrected chi connectivity index (χ4v) is 1.13. The lowest BCUT2D eigenvalue weighted by molar-refractivity contribution is -0.141. The number of nitrogens with two attached hydrogens (primary N) is 1. The zero-order chi connectivity index (χ0) is 13.6. The average molecular weight is 245 g/mol. The molecule has 0 aliphatic rings. The molecule has 0 aromatic heterocycles. The standard InChI is InChI=1S/C10H19N3O4/c1-5(2)8(13-7(14)4-11)9(15)12-6(3)10(16)17/h5-6,8H,4,11H2,1-3H3,(H,12,15)(H,13,14)(H,16,17)/t6-,8-/m0/s1. The van der Waals surface area contributed by atoms with Crippen LogP contribution in [-0.4, -0.2) is 41.5 Å². The van der Waals surface area contributed by atoms with Gasteiger partial charge in [0.15, 0.2) is 0 Å². The van der Waals surface area contributed by atoms with E-state index in [1.165, 1.54) is 6.92 Å². The van der Waals surface area contributed by atoms with Gasteiger partial charge in [0.1, 0.15) is 12.1 Å². The van der Waals surface area contributed by atoms with E-state index in [0.29, 0.717) is 0 Å². The maximum absolute atomic E-state index is 11.7. The van der Waals surface area contributed by atoms with Crippen LogP contribution in [0.4, 0.5) is 0 Å². The molecule has 0 saturated heterocycles. The smallest absolute Gasteiger partial charge is 0.325 e. The molecule has 0 spiro atoms. The number of hydrogen-bond acceptors (Lipinski definition) is 4. The highest BCUT2D eigenvalue weighted by atomic mass is 16.4. The van der Waals surface area contributed by atoms with Crippen molar-refractivity contribution in [2.24, 2.45) is 11.7 Å². The molecule has 0 heterocycles. The number of amides is 2. The Morgan fingerprint density at radius 2 is 1.71 bits per heavy atom. The number of carboxylic acid groups (broad SMARTS) is 1. The summed E-state index contributed by atoms with van der Waals surface area (Å²) in [6, 6.07) is -1.79. The second kappa shape index (κ2) is 6.85. The maximum atomic E-state index is 11.7. The van der Waals surface area contributed by atoms with Crippen LogP contribution in [0.2, 0.25) is 0 Å². The minimum absolute atomic E-state index is 0.161. The minimum atomic E-state index is -1.13. The third-order valence-corrected chi connectivity index (χ3v) is 2.18. The largest absolute Gasteiger partial charge is 0.480 e. The van der Waals surface area contributed by atoms with Gasteiger partial charge >= 0.3 is 5.97 Å². The highest BCUT2D eigenvalue weighted by Crippen LogP contribution is 2.02. The molecule has 0 aromatic carbocycles. The van der Waals surface area contributed by atoms with E-state index >= 15 is 0 Å². The Bertz CT molecular complexity index is 304. The number of carboxylic acids is 1. The molecule has 0 fully saturated rings. The molecular formula is C10H19N3O4. The number of rotatable bonds is 6. The normalized spacial score (nSPS) is 13.9. The van der Waals surface area contributed by atoms with E-state index in [-0.39, 0.29) is 12.5 Å². The van der Waals surface area contributed by atoms with Crippen LogP contribution >= 0.6 is 0 Å². The topological polar surface area (TPSA) is 122 Å². The van der Waals surface area contributed by atoms with Crippen molar-refractivity contribution in [3.8, 4) is 0 Å². The first-order valence-corrected chi connectivity index (χ1v) is 5.32.